The number of ether oxygens (including phenoxy) is 3. The molecule has 28 heavy (non-hydrogen) atoms. The lowest BCUT2D eigenvalue weighted by atomic mass is 10.0. The van der Waals surface area contributed by atoms with Crippen LogP contribution in [0, 0.1) is 0 Å². The Balaban J connectivity index is 2.19. The molecule has 2 atom stereocenters. The van der Waals surface area contributed by atoms with Gasteiger partial charge in [0.25, 0.3) is 0 Å². The number of esters is 1. The lowest BCUT2D eigenvalue weighted by Gasteiger charge is -2.19. The minimum absolute atomic E-state index is 0.0112. The summed E-state index contributed by atoms with van der Waals surface area (Å²) >= 11 is 0. The maximum Gasteiger partial charge on any atom is 0.318 e. The van der Waals surface area contributed by atoms with Gasteiger partial charge in [0.1, 0.15) is 6.61 Å². The highest BCUT2D eigenvalue weighted by Gasteiger charge is 2.29. The predicted molar refractivity (Wildman–Crippen MR) is 103 cm³/mol. The highest BCUT2D eigenvalue weighted by Crippen LogP contribution is 2.32. The Morgan fingerprint density at radius 2 is 1.79 bits per heavy atom. The third-order valence-corrected chi connectivity index (χ3v) is 3.85. The largest absolute Gasteiger partial charge is 0.490 e. The highest BCUT2D eigenvalue weighted by atomic mass is 16.5. The number of aliphatic hydroxyl groups is 1. The van der Waals surface area contributed by atoms with Gasteiger partial charge in [-0.25, -0.2) is 0 Å². The van der Waals surface area contributed by atoms with Gasteiger partial charge in [-0.3, -0.25) is 4.79 Å². The molecule has 0 aliphatic heterocycles. The average Bonchev–Trinajstić information content (AvgIpc) is 2.72. The Kier molecular flexibility index (Phi) is 8.14. The third kappa shape index (κ3) is 5.64. The van der Waals surface area contributed by atoms with Gasteiger partial charge in [0.05, 0.1) is 19.3 Å². The van der Waals surface area contributed by atoms with Gasteiger partial charge in [-0.2, -0.15) is 0 Å². The molecule has 2 aromatic carbocycles. The fraction of sp³-hybridized carbons (Fsp3) is 0.350. The zero-order valence-electron chi connectivity index (χ0n) is 15.8. The highest BCUT2D eigenvalue weighted by molar-refractivity contribution is 5.77. The van der Waals surface area contributed by atoms with Crippen LogP contribution < -0.4 is 9.47 Å². The maximum absolute atomic E-state index is 12.4. The molecule has 0 aliphatic carbocycles. The minimum Gasteiger partial charge on any atom is -0.490 e. The summed E-state index contributed by atoms with van der Waals surface area (Å²) in [5, 5.41) is 14.1. The Morgan fingerprint density at radius 1 is 1.11 bits per heavy atom. The normalized spacial score (nSPS) is 12.4. The summed E-state index contributed by atoms with van der Waals surface area (Å²) in [5.41, 5.74) is 9.94. The van der Waals surface area contributed by atoms with Crippen LogP contribution in [0.15, 0.2) is 53.6 Å². The number of nitrogens with zero attached hydrogens (tertiary/aromatic N) is 3. The van der Waals surface area contributed by atoms with Crippen LogP contribution in [0.4, 0.5) is 0 Å². The molecule has 0 radical (unpaired) electrons. The Morgan fingerprint density at radius 3 is 2.43 bits per heavy atom. The Hall–Kier alpha value is -3.22. The van der Waals surface area contributed by atoms with Gasteiger partial charge < -0.3 is 19.3 Å². The van der Waals surface area contributed by atoms with E-state index < -0.39 is 18.1 Å². The van der Waals surface area contributed by atoms with Crippen LogP contribution in [0.1, 0.15) is 31.1 Å². The molecular weight excluding hydrogens is 362 g/mol. The van der Waals surface area contributed by atoms with Crippen LogP contribution in [-0.2, 0) is 16.1 Å². The second-order valence-corrected chi connectivity index (χ2v) is 5.76. The van der Waals surface area contributed by atoms with E-state index >= 15 is 0 Å². The summed E-state index contributed by atoms with van der Waals surface area (Å²) in [6.07, 6.45) is -1.39. The van der Waals surface area contributed by atoms with E-state index in [0.717, 1.165) is 5.56 Å². The molecule has 0 fully saturated rings. The monoisotopic (exact) mass is 385 g/mol. The average molecular weight is 385 g/mol. The molecule has 0 saturated carbocycles. The van der Waals surface area contributed by atoms with E-state index in [0.29, 0.717) is 30.3 Å². The van der Waals surface area contributed by atoms with Crippen molar-refractivity contribution in [2.75, 3.05) is 13.2 Å². The van der Waals surface area contributed by atoms with E-state index in [9.17, 15) is 9.90 Å². The van der Waals surface area contributed by atoms with Crippen molar-refractivity contribution in [2.24, 2.45) is 5.11 Å². The lowest BCUT2D eigenvalue weighted by molar-refractivity contribution is -0.149. The van der Waals surface area contributed by atoms with Crippen molar-refractivity contribution in [1.29, 1.82) is 0 Å². The molecule has 148 valence electrons. The smallest absolute Gasteiger partial charge is 0.318 e. The Bertz CT molecular complexity index is 822. The standard InChI is InChI=1S/C20H23N3O5/c1-3-26-16-11-10-15(12-17(16)27-4-2)19(24)18(22-23-21)20(25)28-13-14-8-6-5-7-9-14/h5-12,18-19,24H,3-4,13H2,1-2H3. The molecule has 8 heteroatoms. The molecule has 0 saturated heterocycles. The van der Waals surface area contributed by atoms with Gasteiger partial charge in [0.15, 0.2) is 17.5 Å². The number of carbonyl (C=O) groups excluding carboxylic acids is 1. The second-order valence-electron chi connectivity index (χ2n) is 5.76. The van der Waals surface area contributed by atoms with E-state index in [1.165, 1.54) is 0 Å². The SMILES string of the molecule is CCOc1ccc(C(O)C(N=[N+]=[N-])C(=O)OCc2ccccc2)cc1OCC. The molecule has 2 aromatic rings. The van der Waals surface area contributed by atoms with Crippen LogP contribution in [0.2, 0.25) is 0 Å². The molecule has 0 aromatic heterocycles. The van der Waals surface area contributed by atoms with Gasteiger partial charge in [-0.15, -0.1) is 0 Å². The molecular formula is C20H23N3O5. The molecule has 2 unspecified atom stereocenters. The summed E-state index contributed by atoms with van der Waals surface area (Å²) < 4.78 is 16.2. The first kappa shape index (κ1) is 21.1. The van der Waals surface area contributed by atoms with Crippen LogP contribution >= 0.6 is 0 Å². The van der Waals surface area contributed by atoms with Crippen LogP contribution in [0.3, 0.4) is 0 Å². The summed E-state index contributed by atoms with van der Waals surface area (Å²) in [7, 11) is 0. The fourth-order valence-corrected chi connectivity index (χ4v) is 2.54. The minimum atomic E-state index is -1.43. The first-order chi connectivity index (χ1) is 13.6. The first-order valence-electron chi connectivity index (χ1n) is 8.93. The zero-order chi connectivity index (χ0) is 20.4. The molecule has 1 N–H and O–H groups in total. The van der Waals surface area contributed by atoms with Gasteiger partial charge in [0, 0.05) is 4.91 Å². The van der Waals surface area contributed by atoms with Gasteiger partial charge >= 0.3 is 5.97 Å². The van der Waals surface area contributed by atoms with Crippen molar-refractivity contribution >= 4 is 5.97 Å². The quantitative estimate of drug-likeness (QED) is 0.288. The number of aliphatic hydroxyl groups excluding tert-OH is 1. The maximum atomic E-state index is 12.4. The number of azide groups is 1. The third-order valence-electron chi connectivity index (χ3n) is 3.85. The van der Waals surface area contributed by atoms with Crippen LogP contribution in [-0.4, -0.2) is 30.3 Å². The summed E-state index contributed by atoms with van der Waals surface area (Å²) in [5.74, 6) is 0.131. The van der Waals surface area contributed by atoms with Gasteiger partial charge in [-0.1, -0.05) is 41.5 Å². The van der Waals surface area contributed by atoms with Crippen molar-refractivity contribution in [3.8, 4) is 11.5 Å². The van der Waals surface area contributed by atoms with Crippen molar-refractivity contribution < 1.29 is 24.1 Å². The van der Waals surface area contributed by atoms with Gasteiger partial charge in [-0.05, 0) is 42.6 Å². The number of hydrogen-bond donors (Lipinski definition) is 1. The van der Waals surface area contributed by atoms with Crippen molar-refractivity contribution in [3.05, 3.63) is 70.1 Å². The van der Waals surface area contributed by atoms with Crippen molar-refractivity contribution in [1.82, 2.24) is 0 Å². The Labute approximate surface area is 163 Å². The van der Waals surface area contributed by atoms with E-state index in [-0.39, 0.29) is 6.61 Å². The number of hydrogen-bond acceptors (Lipinski definition) is 6. The topological polar surface area (TPSA) is 114 Å². The van der Waals surface area contributed by atoms with Crippen LogP contribution in [0.5, 0.6) is 11.5 Å². The molecule has 8 nitrogen and oxygen atoms in total. The zero-order valence-corrected chi connectivity index (χ0v) is 15.8. The summed E-state index contributed by atoms with van der Waals surface area (Å²) in [6.45, 7) is 4.53. The van der Waals surface area contributed by atoms with Crippen molar-refractivity contribution in [3.63, 3.8) is 0 Å². The molecule has 0 spiro atoms. The fourth-order valence-electron chi connectivity index (χ4n) is 2.54. The molecule has 0 heterocycles. The van der Waals surface area contributed by atoms with Crippen LogP contribution in [0.25, 0.3) is 10.4 Å². The molecule has 0 amide bonds. The number of rotatable bonds is 10. The lowest BCUT2D eigenvalue weighted by Crippen LogP contribution is -2.28. The molecule has 0 bridgehead atoms. The van der Waals surface area contributed by atoms with E-state index in [1.807, 2.05) is 32.0 Å². The summed E-state index contributed by atoms with van der Waals surface area (Å²) in [6, 6.07) is 12.4. The summed E-state index contributed by atoms with van der Waals surface area (Å²) in [4.78, 5) is 15.1. The van der Waals surface area contributed by atoms with Gasteiger partial charge in [0.2, 0.25) is 0 Å². The second kappa shape index (κ2) is 10.8. The molecule has 2 rings (SSSR count). The first-order valence-corrected chi connectivity index (χ1v) is 8.93. The number of benzene rings is 2. The predicted octanol–water partition coefficient (Wildman–Crippen LogP) is 3.94. The van der Waals surface area contributed by atoms with E-state index in [1.54, 1.807) is 30.3 Å². The molecule has 0 aliphatic rings. The van der Waals surface area contributed by atoms with Crippen molar-refractivity contribution in [2.45, 2.75) is 32.6 Å². The number of carbonyl (C=O) groups is 1. The van der Waals surface area contributed by atoms with E-state index in [2.05, 4.69) is 10.0 Å². The van der Waals surface area contributed by atoms with E-state index in [4.69, 9.17) is 19.7 Å².